The Morgan fingerprint density at radius 3 is 1.66 bits per heavy atom. The summed E-state index contributed by atoms with van der Waals surface area (Å²) in [6.45, 7) is 3.53. The van der Waals surface area contributed by atoms with Crippen LogP contribution in [0.2, 0.25) is 0 Å². The maximum atomic E-state index is 14.4. The molecule has 0 bridgehead atoms. The number of aromatic nitrogens is 3. The van der Waals surface area contributed by atoms with Crippen molar-refractivity contribution in [3.63, 3.8) is 0 Å². The van der Waals surface area contributed by atoms with Crippen LogP contribution in [-0.2, 0) is 41.4 Å². The SMILES string of the molecule is COC(=O)NC(C(=O)N1CCCC1c1[nH]c(-c2ccc(-c3ccc(-c4cnc([C@@H]5CCCN5C(=O)C(NC(=O)OC)C5CCOCC5)[nH]4)cc3)cc2)c2c1CCCC2)C1CCOCC1. The summed E-state index contributed by atoms with van der Waals surface area (Å²) in [5, 5.41) is 5.72. The van der Waals surface area contributed by atoms with Crippen molar-refractivity contribution in [2.45, 2.75) is 101 Å². The molecule has 64 heavy (non-hydrogen) atoms. The Hall–Kier alpha value is -5.67. The highest BCUT2D eigenvalue weighted by molar-refractivity contribution is 5.87. The average Bonchev–Trinajstić information content (AvgIpc) is 4.19. The molecule has 340 valence electrons. The molecule has 2 aromatic heterocycles. The van der Waals surface area contributed by atoms with Gasteiger partial charge in [-0.15, -0.1) is 0 Å². The van der Waals surface area contributed by atoms with Gasteiger partial charge in [-0.2, -0.15) is 0 Å². The number of nitrogens with zero attached hydrogens (tertiary/aromatic N) is 3. The normalized spacial score (nSPS) is 21.5. The summed E-state index contributed by atoms with van der Waals surface area (Å²) in [4.78, 5) is 69.1. The van der Waals surface area contributed by atoms with Crippen molar-refractivity contribution < 1.29 is 38.1 Å². The summed E-state index contributed by atoms with van der Waals surface area (Å²) in [7, 11) is 2.65. The second kappa shape index (κ2) is 19.6. The zero-order valence-electron chi connectivity index (χ0n) is 37.0. The van der Waals surface area contributed by atoms with E-state index >= 15 is 0 Å². The molecule has 2 aromatic carbocycles. The number of imidazole rings is 1. The molecule has 4 aromatic rings. The highest BCUT2D eigenvalue weighted by Gasteiger charge is 2.42. The van der Waals surface area contributed by atoms with E-state index in [4.69, 9.17) is 23.9 Å². The lowest BCUT2D eigenvalue weighted by atomic mass is 9.88. The molecular formula is C49H61N7O8. The van der Waals surface area contributed by atoms with Crippen LogP contribution in [0, 0.1) is 11.8 Å². The number of H-pyrrole nitrogens is 2. The van der Waals surface area contributed by atoms with Crippen LogP contribution in [0.1, 0.15) is 98.9 Å². The molecule has 4 atom stereocenters. The molecule has 15 nitrogen and oxygen atoms in total. The fraction of sp³-hybridized carbons (Fsp3) is 0.531. The first-order valence-corrected chi connectivity index (χ1v) is 23.3. The number of hydrogen-bond donors (Lipinski definition) is 4. The minimum absolute atomic E-state index is 0.00442. The molecule has 4 saturated heterocycles. The van der Waals surface area contributed by atoms with E-state index in [2.05, 4.69) is 69.1 Å². The number of fused-ring (bicyclic) bond motifs is 1. The van der Waals surface area contributed by atoms with E-state index < -0.39 is 24.3 Å². The summed E-state index contributed by atoms with van der Waals surface area (Å²) in [5.41, 5.74) is 10.2. The van der Waals surface area contributed by atoms with Crippen molar-refractivity contribution in [2.24, 2.45) is 11.8 Å². The van der Waals surface area contributed by atoms with Crippen LogP contribution in [0.5, 0.6) is 0 Å². The van der Waals surface area contributed by atoms with Gasteiger partial charge in [-0.1, -0.05) is 48.5 Å². The highest BCUT2D eigenvalue weighted by atomic mass is 16.5. The van der Waals surface area contributed by atoms with E-state index in [9.17, 15) is 19.2 Å². The third-order valence-corrected chi connectivity index (χ3v) is 14.3. The van der Waals surface area contributed by atoms with Crippen molar-refractivity contribution in [3.05, 3.63) is 77.4 Å². The number of rotatable bonds is 11. The minimum Gasteiger partial charge on any atom is -0.453 e. The average molecular weight is 876 g/mol. The minimum atomic E-state index is -0.682. The van der Waals surface area contributed by atoms with Gasteiger partial charge in [0, 0.05) is 50.9 Å². The number of likely N-dealkylation sites (tertiary alicyclic amines) is 2. The maximum Gasteiger partial charge on any atom is 0.407 e. The molecule has 0 saturated carbocycles. The van der Waals surface area contributed by atoms with Crippen LogP contribution in [-0.4, -0.2) is 115 Å². The van der Waals surface area contributed by atoms with Gasteiger partial charge < -0.3 is 49.3 Å². The Balaban J connectivity index is 0.896. The second-order valence-corrected chi connectivity index (χ2v) is 17.9. The quantitative estimate of drug-likeness (QED) is 0.121. The van der Waals surface area contributed by atoms with E-state index in [1.54, 1.807) is 0 Å². The van der Waals surface area contributed by atoms with Gasteiger partial charge in [0.15, 0.2) is 0 Å². The van der Waals surface area contributed by atoms with Gasteiger partial charge in [-0.3, -0.25) is 9.59 Å². The number of nitrogens with one attached hydrogen (secondary N) is 4. The smallest absolute Gasteiger partial charge is 0.407 e. The lowest BCUT2D eigenvalue weighted by molar-refractivity contribution is -0.137. The van der Waals surface area contributed by atoms with Crippen LogP contribution in [0.15, 0.2) is 54.7 Å². The number of alkyl carbamates (subject to hydrolysis) is 2. The van der Waals surface area contributed by atoms with Gasteiger partial charge >= 0.3 is 12.2 Å². The van der Waals surface area contributed by atoms with Crippen molar-refractivity contribution in [2.75, 3.05) is 53.7 Å². The van der Waals surface area contributed by atoms with Gasteiger partial charge in [0.2, 0.25) is 11.8 Å². The van der Waals surface area contributed by atoms with Crippen LogP contribution < -0.4 is 10.6 Å². The van der Waals surface area contributed by atoms with E-state index in [1.165, 1.54) is 25.3 Å². The molecule has 5 aliphatic rings. The zero-order chi connectivity index (χ0) is 44.2. The van der Waals surface area contributed by atoms with Gasteiger partial charge in [-0.05, 0) is 122 Å². The second-order valence-electron chi connectivity index (χ2n) is 17.9. The third kappa shape index (κ3) is 9.01. The number of amides is 4. The molecule has 9 rings (SSSR count). The molecule has 4 amide bonds. The largest absolute Gasteiger partial charge is 0.453 e. The molecule has 15 heteroatoms. The first kappa shape index (κ1) is 43.6. The number of aromatic amines is 2. The standard InChI is InChI=1S/C49H61N7O8/c1-61-48(59)53-42(34-19-25-63-26-20-34)46(57)55-23-5-9-39(55)44-37-8-4-3-7-36(37)41(52-44)33-17-13-31(14-18-33)30-11-15-32(16-12-30)38-29-50-45(51-38)40-10-6-24-56(40)47(58)43(54-49(60)62-2)35-21-27-64-28-22-35/h11-18,29,34-35,39-40,42-43,52H,3-10,19-28H2,1-2H3,(H,50,51)(H,53,59)(H,54,60)/t39?,40-,42?,43?/m0/s1. The Labute approximate surface area is 374 Å². The van der Waals surface area contributed by atoms with Crippen LogP contribution in [0.3, 0.4) is 0 Å². The predicted molar refractivity (Wildman–Crippen MR) is 239 cm³/mol. The zero-order valence-corrected chi connectivity index (χ0v) is 37.0. The Bertz CT molecular complexity index is 2280. The van der Waals surface area contributed by atoms with Crippen molar-refractivity contribution in [1.82, 2.24) is 35.4 Å². The fourth-order valence-electron chi connectivity index (χ4n) is 10.9. The number of methoxy groups -OCH3 is 2. The van der Waals surface area contributed by atoms with E-state index in [1.807, 2.05) is 16.0 Å². The predicted octanol–water partition coefficient (Wildman–Crippen LogP) is 7.25. The molecule has 4 aliphatic heterocycles. The van der Waals surface area contributed by atoms with Crippen molar-refractivity contribution in [1.29, 1.82) is 0 Å². The summed E-state index contributed by atoms with van der Waals surface area (Å²) in [5.74, 6) is 0.559. The van der Waals surface area contributed by atoms with Gasteiger partial charge in [0.05, 0.1) is 38.2 Å². The molecular weight excluding hydrogens is 815 g/mol. The summed E-state index contributed by atoms with van der Waals surface area (Å²) in [6, 6.07) is 15.5. The van der Waals surface area contributed by atoms with Gasteiger partial charge in [-0.25, -0.2) is 14.6 Å². The fourth-order valence-corrected chi connectivity index (χ4v) is 10.9. The lowest BCUT2D eigenvalue weighted by Gasteiger charge is -2.34. The van der Waals surface area contributed by atoms with Gasteiger partial charge in [0.1, 0.15) is 17.9 Å². The molecule has 4 N–H and O–H groups in total. The third-order valence-electron chi connectivity index (χ3n) is 14.3. The monoisotopic (exact) mass is 875 g/mol. The maximum absolute atomic E-state index is 14.4. The van der Waals surface area contributed by atoms with Crippen LogP contribution in [0.25, 0.3) is 33.6 Å². The number of benzene rings is 2. The Morgan fingerprint density at radius 2 is 1.11 bits per heavy atom. The van der Waals surface area contributed by atoms with E-state index in [-0.39, 0.29) is 35.7 Å². The number of carbonyl (C=O) groups is 4. The van der Waals surface area contributed by atoms with Crippen molar-refractivity contribution in [3.8, 4) is 33.6 Å². The first-order valence-electron chi connectivity index (χ1n) is 23.3. The molecule has 0 spiro atoms. The molecule has 1 aliphatic carbocycles. The summed E-state index contributed by atoms with van der Waals surface area (Å²) < 4.78 is 21.0. The Morgan fingerprint density at radius 1 is 0.625 bits per heavy atom. The Kier molecular flexibility index (Phi) is 13.3. The number of ether oxygens (including phenoxy) is 4. The number of hydrogen-bond acceptors (Lipinski definition) is 9. The topological polar surface area (TPSA) is 180 Å². The van der Waals surface area contributed by atoms with Crippen molar-refractivity contribution >= 4 is 24.0 Å². The highest BCUT2D eigenvalue weighted by Crippen LogP contribution is 2.42. The molecule has 6 heterocycles. The summed E-state index contributed by atoms with van der Waals surface area (Å²) >= 11 is 0. The van der Waals surface area contributed by atoms with E-state index in [0.29, 0.717) is 65.2 Å². The molecule has 3 unspecified atom stereocenters. The van der Waals surface area contributed by atoms with Gasteiger partial charge in [0.25, 0.3) is 0 Å². The van der Waals surface area contributed by atoms with E-state index in [0.717, 1.165) is 96.5 Å². The number of carbonyl (C=O) groups excluding carboxylic acids is 4. The summed E-state index contributed by atoms with van der Waals surface area (Å²) in [6.07, 6.45) is 11.1. The van der Waals surface area contributed by atoms with Crippen LogP contribution in [0.4, 0.5) is 9.59 Å². The lowest BCUT2D eigenvalue weighted by Crippen LogP contribution is -2.53. The first-order chi connectivity index (χ1) is 31.3. The molecule has 4 fully saturated rings. The van der Waals surface area contributed by atoms with Crippen LogP contribution >= 0.6 is 0 Å². The molecule has 0 radical (unpaired) electrons.